The number of Topliss-reactive ketones (excluding diaryl/α,β-unsaturated/α-hetero) is 1. The minimum absolute atomic E-state index is 0.177. The van der Waals surface area contributed by atoms with Crippen molar-refractivity contribution in [1.82, 2.24) is 4.98 Å². The molecule has 0 N–H and O–H groups in total. The normalized spacial score (nSPS) is 17.2. The lowest BCUT2D eigenvalue weighted by molar-refractivity contribution is -0.120. The van der Waals surface area contributed by atoms with E-state index < -0.39 is 5.97 Å². The number of carbonyl (C=O) groups excluding carboxylic acids is 2. The maximum atomic E-state index is 13.0. The van der Waals surface area contributed by atoms with Gasteiger partial charge in [-0.1, -0.05) is 55.5 Å². The van der Waals surface area contributed by atoms with Crippen LogP contribution >= 0.6 is 0 Å². The molecular formula is C25H23NO3. The molecule has 1 aliphatic carbocycles. The molecule has 0 bridgehead atoms. The Bertz CT molecular complexity index is 1120. The highest BCUT2D eigenvalue weighted by Gasteiger charge is 2.28. The zero-order valence-electron chi connectivity index (χ0n) is 16.6. The summed E-state index contributed by atoms with van der Waals surface area (Å²) in [5.41, 5.74) is 5.31. The Balaban J connectivity index is 1.91. The van der Waals surface area contributed by atoms with E-state index in [4.69, 9.17) is 9.72 Å². The fraction of sp³-hybridized carbons (Fsp3) is 0.240. The molecule has 146 valence electrons. The Hall–Kier alpha value is -3.27. The highest BCUT2D eigenvalue weighted by atomic mass is 16.5. The number of ether oxygens (including phenoxy) is 1. The van der Waals surface area contributed by atoms with Gasteiger partial charge in [-0.15, -0.1) is 0 Å². The van der Waals surface area contributed by atoms with Gasteiger partial charge in [-0.05, 0) is 54.5 Å². The maximum absolute atomic E-state index is 13.0. The van der Waals surface area contributed by atoms with Crippen molar-refractivity contribution >= 4 is 34.3 Å². The first-order chi connectivity index (χ1) is 14.0. The van der Waals surface area contributed by atoms with Crippen LogP contribution in [0.1, 0.15) is 47.4 Å². The number of hydrogen-bond donors (Lipinski definition) is 0. The molecule has 0 aliphatic heterocycles. The first-order valence-corrected chi connectivity index (χ1v) is 9.87. The van der Waals surface area contributed by atoms with Gasteiger partial charge in [0.15, 0.2) is 5.78 Å². The number of benzene rings is 2. The third-order valence-electron chi connectivity index (χ3n) is 5.17. The number of hydrogen-bond acceptors (Lipinski definition) is 4. The summed E-state index contributed by atoms with van der Waals surface area (Å²) in [5, 5.41) is 0.771. The Kier molecular flexibility index (Phi) is 5.26. The van der Waals surface area contributed by atoms with E-state index in [-0.39, 0.29) is 12.4 Å². The van der Waals surface area contributed by atoms with E-state index in [0.29, 0.717) is 11.5 Å². The molecule has 1 aromatic heterocycles. The zero-order chi connectivity index (χ0) is 20.4. The van der Waals surface area contributed by atoms with Gasteiger partial charge in [-0.3, -0.25) is 4.79 Å². The van der Waals surface area contributed by atoms with E-state index in [2.05, 4.69) is 25.1 Å². The quantitative estimate of drug-likeness (QED) is 0.586. The average Bonchev–Trinajstić information content (AvgIpc) is 2.71. The van der Waals surface area contributed by atoms with E-state index in [1.54, 1.807) is 0 Å². The molecular weight excluding hydrogens is 362 g/mol. The largest absolute Gasteiger partial charge is 0.454 e. The molecule has 0 radical (unpaired) electrons. The third-order valence-corrected chi connectivity index (χ3v) is 5.17. The van der Waals surface area contributed by atoms with Crippen LogP contribution in [0, 0.1) is 5.92 Å². The predicted octanol–water partition coefficient (Wildman–Crippen LogP) is 5.10. The highest BCUT2D eigenvalue weighted by Crippen LogP contribution is 2.38. The van der Waals surface area contributed by atoms with Crippen molar-refractivity contribution < 1.29 is 14.3 Å². The van der Waals surface area contributed by atoms with Gasteiger partial charge in [0.2, 0.25) is 0 Å². The molecule has 4 rings (SSSR count). The number of rotatable bonds is 4. The van der Waals surface area contributed by atoms with Crippen molar-refractivity contribution in [2.24, 2.45) is 5.92 Å². The van der Waals surface area contributed by atoms with Gasteiger partial charge in [0, 0.05) is 5.39 Å². The number of carbonyl (C=O) groups is 2. The molecule has 4 nitrogen and oxygen atoms in total. The number of pyridine rings is 1. The van der Waals surface area contributed by atoms with E-state index in [0.717, 1.165) is 46.1 Å². The van der Waals surface area contributed by atoms with Crippen molar-refractivity contribution in [2.45, 2.75) is 26.7 Å². The second-order valence-electron chi connectivity index (χ2n) is 7.70. The second-order valence-corrected chi connectivity index (χ2v) is 7.70. The standard InChI is InChI=1S/C25H23NO3/c1-16-12-19(14-18-8-4-3-5-9-18)24-21(13-16)23(25(28)29-15-17(2)27)20-10-6-7-11-22(20)26-24/h3-11,14,16H,12-13,15H2,1-2H3. The van der Waals surface area contributed by atoms with Crippen LogP contribution in [-0.4, -0.2) is 23.3 Å². The minimum Gasteiger partial charge on any atom is -0.454 e. The van der Waals surface area contributed by atoms with Crippen LogP contribution in [0.3, 0.4) is 0 Å². The van der Waals surface area contributed by atoms with Gasteiger partial charge in [-0.2, -0.15) is 0 Å². The molecule has 0 amide bonds. The molecule has 1 atom stereocenters. The van der Waals surface area contributed by atoms with Gasteiger partial charge < -0.3 is 4.74 Å². The van der Waals surface area contributed by atoms with Gasteiger partial charge in [0.05, 0.1) is 16.8 Å². The van der Waals surface area contributed by atoms with Crippen molar-refractivity contribution in [1.29, 1.82) is 0 Å². The van der Waals surface area contributed by atoms with Crippen LogP contribution < -0.4 is 0 Å². The summed E-state index contributed by atoms with van der Waals surface area (Å²) in [4.78, 5) is 29.2. The van der Waals surface area contributed by atoms with E-state index in [9.17, 15) is 9.59 Å². The summed E-state index contributed by atoms with van der Waals surface area (Å²) in [5.74, 6) is -0.258. The topological polar surface area (TPSA) is 56.3 Å². The zero-order valence-corrected chi connectivity index (χ0v) is 16.6. The smallest absolute Gasteiger partial charge is 0.339 e. The van der Waals surface area contributed by atoms with Crippen LogP contribution in [0.4, 0.5) is 0 Å². The maximum Gasteiger partial charge on any atom is 0.339 e. The third kappa shape index (κ3) is 3.97. The Morgan fingerprint density at radius 3 is 2.55 bits per heavy atom. The molecule has 29 heavy (non-hydrogen) atoms. The van der Waals surface area contributed by atoms with Gasteiger partial charge in [0.25, 0.3) is 0 Å². The van der Waals surface area contributed by atoms with Gasteiger partial charge in [0.1, 0.15) is 6.61 Å². The fourth-order valence-electron chi connectivity index (χ4n) is 3.96. The number of ketones is 1. The highest BCUT2D eigenvalue weighted by molar-refractivity contribution is 6.07. The number of allylic oxidation sites excluding steroid dienone is 1. The number of para-hydroxylation sites is 1. The second kappa shape index (κ2) is 8.00. The predicted molar refractivity (Wildman–Crippen MR) is 115 cm³/mol. The molecule has 4 heteroatoms. The van der Waals surface area contributed by atoms with Crippen molar-refractivity contribution in [2.75, 3.05) is 6.61 Å². The molecule has 0 saturated carbocycles. The van der Waals surface area contributed by atoms with Crippen LogP contribution in [0.2, 0.25) is 0 Å². The first-order valence-electron chi connectivity index (χ1n) is 9.87. The van der Waals surface area contributed by atoms with E-state index >= 15 is 0 Å². The summed E-state index contributed by atoms with van der Waals surface area (Å²) in [6, 6.07) is 17.8. The van der Waals surface area contributed by atoms with Crippen LogP contribution in [0.15, 0.2) is 54.6 Å². The molecule has 1 heterocycles. The molecule has 0 saturated heterocycles. The molecule has 1 unspecified atom stereocenters. The summed E-state index contributed by atoms with van der Waals surface area (Å²) in [6.45, 7) is 3.38. The summed E-state index contributed by atoms with van der Waals surface area (Å²) < 4.78 is 5.32. The molecule has 0 fully saturated rings. The molecule has 1 aliphatic rings. The lowest BCUT2D eigenvalue weighted by Crippen LogP contribution is -2.20. The van der Waals surface area contributed by atoms with Crippen LogP contribution in [0.5, 0.6) is 0 Å². The molecule has 2 aromatic carbocycles. The van der Waals surface area contributed by atoms with Crippen molar-refractivity contribution in [3.05, 3.63) is 77.0 Å². The summed E-state index contributed by atoms with van der Waals surface area (Å²) in [7, 11) is 0. The summed E-state index contributed by atoms with van der Waals surface area (Å²) in [6.07, 6.45) is 3.81. The van der Waals surface area contributed by atoms with Crippen LogP contribution in [0.25, 0.3) is 22.6 Å². The van der Waals surface area contributed by atoms with Crippen molar-refractivity contribution in [3.63, 3.8) is 0 Å². The van der Waals surface area contributed by atoms with Gasteiger partial charge >= 0.3 is 5.97 Å². The minimum atomic E-state index is -0.455. The Morgan fingerprint density at radius 2 is 1.79 bits per heavy atom. The first kappa shape index (κ1) is 19.1. The lowest BCUT2D eigenvalue weighted by atomic mass is 9.80. The summed E-state index contributed by atoms with van der Waals surface area (Å²) >= 11 is 0. The molecule has 0 spiro atoms. The Labute approximate surface area is 170 Å². The number of fused-ring (bicyclic) bond motifs is 2. The number of nitrogens with zero attached hydrogens (tertiary/aromatic N) is 1. The fourth-order valence-corrected chi connectivity index (χ4v) is 3.96. The van der Waals surface area contributed by atoms with Crippen LogP contribution in [-0.2, 0) is 16.0 Å². The SMILES string of the molecule is CC(=O)COC(=O)c1c2c(nc3ccccc13)C(=Cc1ccccc1)CC(C)C2. The Morgan fingerprint density at radius 1 is 1.07 bits per heavy atom. The van der Waals surface area contributed by atoms with E-state index in [1.807, 2.05) is 42.5 Å². The number of aromatic nitrogens is 1. The van der Waals surface area contributed by atoms with Gasteiger partial charge in [-0.25, -0.2) is 9.78 Å². The average molecular weight is 385 g/mol. The monoisotopic (exact) mass is 385 g/mol. The van der Waals surface area contributed by atoms with E-state index in [1.165, 1.54) is 6.92 Å². The molecule has 3 aromatic rings. The lowest BCUT2D eigenvalue weighted by Gasteiger charge is -2.26. The van der Waals surface area contributed by atoms with Crippen molar-refractivity contribution in [3.8, 4) is 0 Å². The number of esters is 1.